The number of rotatable bonds is 5. The van der Waals surface area contributed by atoms with Crippen LogP contribution in [-0.2, 0) is 4.79 Å². The Balaban J connectivity index is 2.01. The van der Waals surface area contributed by atoms with Crippen LogP contribution >= 0.6 is 11.8 Å². The van der Waals surface area contributed by atoms with Crippen LogP contribution < -0.4 is 5.32 Å². The van der Waals surface area contributed by atoms with Gasteiger partial charge in [-0.1, -0.05) is 42.5 Å². The second-order valence-electron chi connectivity index (χ2n) is 4.23. The van der Waals surface area contributed by atoms with Gasteiger partial charge < -0.3 is 5.32 Å². The topological polar surface area (TPSA) is 29.1 Å². The Morgan fingerprint density at radius 3 is 2.26 bits per heavy atom. The van der Waals surface area contributed by atoms with E-state index in [4.69, 9.17) is 0 Å². The van der Waals surface area contributed by atoms with Gasteiger partial charge in [0.15, 0.2) is 0 Å². The number of hydrogen-bond donors (Lipinski definition) is 1. The fourth-order valence-corrected chi connectivity index (χ4v) is 2.18. The number of benzene rings is 2. The molecule has 19 heavy (non-hydrogen) atoms. The molecule has 2 rings (SSSR count). The van der Waals surface area contributed by atoms with Gasteiger partial charge in [-0.15, -0.1) is 0 Å². The maximum absolute atomic E-state index is 11.6. The molecule has 0 saturated carbocycles. The van der Waals surface area contributed by atoms with Crippen LogP contribution in [0.3, 0.4) is 0 Å². The van der Waals surface area contributed by atoms with E-state index in [1.54, 1.807) is 11.8 Å². The van der Waals surface area contributed by atoms with Gasteiger partial charge in [-0.2, -0.15) is 11.8 Å². The van der Waals surface area contributed by atoms with E-state index in [0.29, 0.717) is 6.42 Å². The molecule has 2 nitrogen and oxygen atoms in total. The second kappa shape index (κ2) is 7.00. The highest BCUT2D eigenvalue weighted by molar-refractivity contribution is 7.98. The number of amides is 1. The van der Waals surface area contributed by atoms with Crippen LogP contribution in [0.1, 0.15) is 6.42 Å². The molecule has 2 aromatic rings. The van der Waals surface area contributed by atoms with Gasteiger partial charge in [0.2, 0.25) is 5.91 Å². The molecule has 0 aromatic heterocycles. The molecule has 1 N–H and O–H groups in total. The fraction of sp³-hybridized carbons (Fsp3) is 0.188. The zero-order valence-electron chi connectivity index (χ0n) is 10.9. The van der Waals surface area contributed by atoms with Gasteiger partial charge in [-0.3, -0.25) is 4.79 Å². The van der Waals surface area contributed by atoms with Crippen molar-refractivity contribution in [1.82, 2.24) is 0 Å². The van der Waals surface area contributed by atoms with Gasteiger partial charge in [0, 0.05) is 17.9 Å². The van der Waals surface area contributed by atoms with Crippen molar-refractivity contribution in [3.05, 3.63) is 54.6 Å². The van der Waals surface area contributed by atoms with Crippen molar-refractivity contribution in [2.45, 2.75) is 6.42 Å². The summed E-state index contributed by atoms with van der Waals surface area (Å²) >= 11 is 1.68. The average molecular weight is 271 g/mol. The smallest absolute Gasteiger partial charge is 0.225 e. The first-order chi connectivity index (χ1) is 9.29. The minimum Gasteiger partial charge on any atom is -0.326 e. The summed E-state index contributed by atoms with van der Waals surface area (Å²) in [7, 11) is 0. The Morgan fingerprint density at radius 1 is 1.00 bits per heavy atom. The minimum absolute atomic E-state index is 0.0711. The summed E-state index contributed by atoms with van der Waals surface area (Å²) in [5, 5.41) is 2.90. The lowest BCUT2D eigenvalue weighted by molar-refractivity contribution is -0.115. The maximum atomic E-state index is 11.6. The van der Waals surface area contributed by atoms with Gasteiger partial charge >= 0.3 is 0 Å². The van der Waals surface area contributed by atoms with Gasteiger partial charge in [-0.25, -0.2) is 0 Å². The molecule has 0 aliphatic rings. The zero-order valence-corrected chi connectivity index (χ0v) is 11.7. The monoisotopic (exact) mass is 271 g/mol. The van der Waals surface area contributed by atoms with Crippen molar-refractivity contribution in [2.75, 3.05) is 17.3 Å². The highest BCUT2D eigenvalue weighted by Gasteiger charge is 2.02. The van der Waals surface area contributed by atoms with Crippen LogP contribution in [0.15, 0.2) is 54.6 Å². The van der Waals surface area contributed by atoms with Crippen molar-refractivity contribution in [3.8, 4) is 11.1 Å². The molecule has 0 aliphatic carbocycles. The Kier molecular flexibility index (Phi) is 5.04. The normalized spacial score (nSPS) is 10.2. The molecule has 0 unspecified atom stereocenters. The van der Waals surface area contributed by atoms with E-state index < -0.39 is 0 Å². The van der Waals surface area contributed by atoms with Crippen molar-refractivity contribution in [3.63, 3.8) is 0 Å². The molecular weight excluding hydrogens is 254 g/mol. The maximum Gasteiger partial charge on any atom is 0.225 e. The molecule has 2 aromatic carbocycles. The minimum atomic E-state index is 0.0711. The Labute approximate surface area is 118 Å². The summed E-state index contributed by atoms with van der Waals surface area (Å²) in [6.07, 6.45) is 2.56. The fourth-order valence-electron chi connectivity index (χ4n) is 1.79. The summed E-state index contributed by atoms with van der Waals surface area (Å²) < 4.78 is 0. The highest BCUT2D eigenvalue weighted by Crippen LogP contribution is 2.21. The summed E-state index contributed by atoms with van der Waals surface area (Å²) in [6, 6.07) is 18.1. The third-order valence-electron chi connectivity index (χ3n) is 2.81. The first kappa shape index (κ1) is 13.7. The molecule has 98 valence electrons. The molecule has 0 spiro atoms. The summed E-state index contributed by atoms with van der Waals surface area (Å²) in [5.41, 5.74) is 3.19. The lowest BCUT2D eigenvalue weighted by Crippen LogP contribution is -2.11. The van der Waals surface area contributed by atoms with Crippen molar-refractivity contribution in [1.29, 1.82) is 0 Å². The summed E-state index contributed by atoms with van der Waals surface area (Å²) in [4.78, 5) is 11.6. The van der Waals surface area contributed by atoms with Gasteiger partial charge in [0.1, 0.15) is 0 Å². The lowest BCUT2D eigenvalue weighted by atomic mass is 10.1. The number of nitrogens with one attached hydrogen (secondary N) is 1. The van der Waals surface area contributed by atoms with Gasteiger partial charge in [0.25, 0.3) is 0 Å². The third-order valence-corrected chi connectivity index (χ3v) is 3.42. The van der Waals surface area contributed by atoms with E-state index in [0.717, 1.165) is 17.0 Å². The summed E-state index contributed by atoms with van der Waals surface area (Å²) in [5.74, 6) is 0.926. The molecule has 3 heteroatoms. The first-order valence-electron chi connectivity index (χ1n) is 6.24. The molecule has 0 saturated heterocycles. The van der Waals surface area contributed by atoms with E-state index in [9.17, 15) is 4.79 Å². The van der Waals surface area contributed by atoms with Crippen LogP contribution in [0.25, 0.3) is 11.1 Å². The van der Waals surface area contributed by atoms with E-state index in [2.05, 4.69) is 17.4 Å². The second-order valence-corrected chi connectivity index (χ2v) is 5.22. The molecular formula is C16H17NOS. The van der Waals surface area contributed by atoms with Crippen LogP contribution in [-0.4, -0.2) is 17.9 Å². The van der Waals surface area contributed by atoms with Crippen LogP contribution in [0, 0.1) is 0 Å². The number of anilines is 1. The van der Waals surface area contributed by atoms with Crippen molar-refractivity contribution >= 4 is 23.4 Å². The number of carbonyl (C=O) groups excluding carboxylic acids is 1. The average Bonchev–Trinajstić information content (AvgIpc) is 2.47. The van der Waals surface area contributed by atoms with Crippen LogP contribution in [0.2, 0.25) is 0 Å². The molecule has 0 heterocycles. The molecule has 0 radical (unpaired) electrons. The number of carbonyl (C=O) groups is 1. The molecule has 0 atom stereocenters. The van der Waals surface area contributed by atoms with E-state index in [-0.39, 0.29) is 5.91 Å². The third kappa shape index (κ3) is 4.14. The van der Waals surface area contributed by atoms with E-state index in [1.165, 1.54) is 5.56 Å². The predicted molar refractivity (Wildman–Crippen MR) is 83.5 cm³/mol. The van der Waals surface area contributed by atoms with Gasteiger partial charge in [-0.05, 0) is 29.5 Å². The van der Waals surface area contributed by atoms with E-state index in [1.807, 2.05) is 48.7 Å². The quantitative estimate of drug-likeness (QED) is 0.889. The van der Waals surface area contributed by atoms with Crippen LogP contribution in [0.4, 0.5) is 5.69 Å². The Morgan fingerprint density at radius 2 is 1.63 bits per heavy atom. The largest absolute Gasteiger partial charge is 0.326 e. The van der Waals surface area contributed by atoms with Crippen LogP contribution in [0.5, 0.6) is 0 Å². The lowest BCUT2D eigenvalue weighted by Gasteiger charge is -2.06. The molecule has 0 fully saturated rings. The zero-order chi connectivity index (χ0) is 13.5. The Bertz CT molecular complexity index is 522. The van der Waals surface area contributed by atoms with Crippen molar-refractivity contribution in [2.24, 2.45) is 0 Å². The SMILES string of the molecule is CSCCC(=O)Nc1ccc(-c2ccccc2)cc1. The summed E-state index contributed by atoms with van der Waals surface area (Å²) in [6.45, 7) is 0. The Hall–Kier alpha value is -1.74. The predicted octanol–water partition coefficient (Wildman–Crippen LogP) is 4.05. The molecule has 0 aliphatic heterocycles. The first-order valence-corrected chi connectivity index (χ1v) is 7.63. The van der Waals surface area contributed by atoms with Crippen molar-refractivity contribution < 1.29 is 4.79 Å². The molecule has 0 bridgehead atoms. The molecule has 1 amide bonds. The highest BCUT2D eigenvalue weighted by atomic mass is 32.2. The van der Waals surface area contributed by atoms with Gasteiger partial charge in [0.05, 0.1) is 0 Å². The number of hydrogen-bond acceptors (Lipinski definition) is 2. The number of thioether (sulfide) groups is 1. The standard InChI is InChI=1S/C16H17NOS/c1-19-12-11-16(18)17-15-9-7-14(8-10-15)13-5-3-2-4-6-13/h2-10H,11-12H2,1H3,(H,17,18). The van der Waals surface area contributed by atoms with E-state index >= 15 is 0 Å².